The molecule has 4 aromatic heterocycles. The topological polar surface area (TPSA) is 223 Å². The second kappa shape index (κ2) is 19.6. The van der Waals surface area contributed by atoms with Crippen molar-refractivity contribution in [2.45, 2.75) is 84.5 Å². The molecule has 4 heterocycles. The number of H-pyrrole nitrogens is 2. The highest BCUT2D eigenvalue weighted by atomic mass is 16.5. The zero-order valence-electron chi connectivity index (χ0n) is 38.8. The summed E-state index contributed by atoms with van der Waals surface area (Å²) in [5.41, 5.74) is 1.22. The zero-order valence-corrected chi connectivity index (χ0v) is 38.8. The maximum Gasteiger partial charge on any atom is 0.330 e. The Labute approximate surface area is 389 Å². The summed E-state index contributed by atoms with van der Waals surface area (Å²) in [5, 5.41) is 20.2. The number of methoxy groups -OCH3 is 1. The van der Waals surface area contributed by atoms with Crippen LogP contribution < -0.4 is 41.4 Å². The highest BCUT2D eigenvalue weighted by Crippen LogP contribution is 2.41. The summed E-state index contributed by atoms with van der Waals surface area (Å²) in [7, 11) is 4.91. The van der Waals surface area contributed by atoms with Crippen LogP contribution in [0, 0.1) is 0 Å². The fourth-order valence-electron chi connectivity index (χ4n) is 8.40. The Bertz CT molecular complexity index is 3350. The highest BCUT2D eigenvalue weighted by molar-refractivity contribution is 5.78. The second-order valence-corrected chi connectivity index (χ2v) is 16.8. The number of hydrogen-bond donors (Lipinski definition) is 4. The monoisotopic (exact) mass is 926 g/mol. The average molecular weight is 927 g/mol. The fourth-order valence-corrected chi connectivity index (χ4v) is 8.40. The van der Waals surface area contributed by atoms with Crippen LogP contribution in [0.1, 0.15) is 70.3 Å². The summed E-state index contributed by atoms with van der Waals surface area (Å²) in [6.45, 7) is 7.10. The SMILES string of the molecule is CCCC(Oc1ccc(-c2nc3c(c(=O)[nH]c(=O)n3CC(C)O)n2C)cc1OC)c1ccc(Oc2cc(-c3nc4c(c(=O)[nH]c(=O)n4CC(C)O)n3C)ccc2OC(CC)c2ccccc2)cc1. The van der Waals surface area contributed by atoms with Gasteiger partial charge in [0.2, 0.25) is 0 Å². The molecule has 68 heavy (non-hydrogen) atoms. The summed E-state index contributed by atoms with van der Waals surface area (Å²) in [6.07, 6.45) is -0.243. The molecule has 8 aromatic rings. The van der Waals surface area contributed by atoms with E-state index in [1.165, 1.54) is 16.2 Å². The van der Waals surface area contributed by atoms with Crippen LogP contribution in [-0.2, 0) is 27.2 Å². The summed E-state index contributed by atoms with van der Waals surface area (Å²) in [6, 6.07) is 28.2. The Balaban J connectivity index is 1.11. The van der Waals surface area contributed by atoms with Gasteiger partial charge in [-0.25, -0.2) is 19.6 Å². The van der Waals surface area contributed by atoms with E-state index in [1.807, 2.05) is 67.6 Å². The van der Waals surface area contributed by atoms with Crippen molar-refractivity contribution in [3.05, 3.63) is 144 Å². The van der Waals surface area contributed by atoms with E-state index in [-0.39, 0.29) is 47.6 Å². The standard InChI is InChI=1S/C50H54N8O10/c1-8-13-36(68-37-22-18-32(24-39(37)65-7)43-51-45-41(55(43)5)47(61)53-49(63)57(45)26-28(3)59)31-16-20-34(21-17-31)66-40-25-33(19-23-38(40)67-35(9-2)30-14-11-10-12-15-30)44-52-46-42(56(44)6)48(62)54-50(64)58(46)27-29(4)60/h10-12,14-25,28-29,35-36,59-60H,8-9,13,26-27H2,1-7H3,(H,53,61,63)(H,54,62,64). The van der Waals surface area contributed by atoms with Gasteiger partial charge in [0, 0.05) is 25.2 Å². The first-order valence-corrected chi connectivity index (χ1v) is 22.4. The minimum atomic E-state index is -0.869. The Kier molecular flexibility index (Phi) is 13.5. The Morgan fingerprint density at radius 3 is 1.59 bits per heavy atom. The summed E-state index contributed by atoms with van der Waals surface area (Å²) in [4.78, 5) is 65.6. The second-order valence-electron chi connectivity index (χ2n) is 16.8. The van der Waals surface area contributed by atoms with Gasteiger partial charge in [-0.15, -0.1) is 0 Å². The number of imidazole rings is 2. The van der Waals surface area contributed by atoms with Crippen molar-refractivity contribution >= 4 is 22.3 Å². The molecule has 4 N–H and O–H groups in total. The zero-order chi connectivity index (χ0) is 48.4. The van der Waals surface area contributed by atoms with E-state index in [9.17, 15) is 29.4 Å². The Hall–Kier alpha value is -7.70. The molecule has 0 amide bonds. The number of benzene rings is 4. The molecule has 0 spiro atoms. The lowest BCUT2D eigenvalue weighted by Crippen LogP contribution is -2.33. The molecule has 0 bridgehead atoms. The van der Waals surface area contributed by atoms with Crippen LogP contribution in [0.25, 0.3) is 45.1 Å². The van der Waals surface area contributed by atoms with Crippen LogP contribution >= 0.6 is 0 Å². The molecule has 8 rings (SSSR count). The number of nitrogens with one attached hydrogen (secondary N) is 2. The van der Waals surface area contributed by atoms with E-state index >= 15 is 0 Å². The van der Waals surface area contributed by atoms with Gasteiger partial charge in [-0.3, -0.25) is 28.7 Å². The van der Waals surface area contributed by atoms with E-state index < -0.39 is 34.7 Å². The van der Waals surface area contributed by atoms with Crippen molar-refractivity contribution in [3.8, 4) is 51.5 Å². The fraction of sp³-hybridized carbons (Fsp3) is 0.320. The molecule has 0 radical (unpaired) electrons. The molecule has 0 saturated heterocycles. The molecule has 0 saturated carbocycles. The van der Waals surface area contributed by atoms with Gasteiger partial charge in [-0.2, -0.15) is 0 Å². The molecule has 0 fully saturated rings. The van der Waals surface area contributed by atoms with Crippen LogP contribution in [-0.4, -0.2) is 67.7 Å². The van der Waals surface area contributed by atoms with Crippen LogP contribution in [0.3, 0.4) is 0 Å². The van der Waals surface area contributed by atoms with E-state index in [4.69, 9.17) is 23.9 Å². The molecule has 18 heteroatoms. The van der Waals surface area contributed by atoms with Gasteiger partial charge < -0.3 is 38.3 Å². The molecule has 354 valence electrons. The highest BCUT2D eigenvalue weighted by Gasteiger charge is 2.24. The molecule has 0 aliphatic heterocycles. The molecule has 0 aliphatic rings. The largest absolute Gasteiger partial charge is 0.493 e. The normalized spacial score (nSPS) is 13.4. The third-order valence-corrected chi connectivity index (χ3v) is 11.7. The number of nitrogens with zero attached hydrogens (tertiary/aromatic N) is 6. The summed E-state index contributed by atoms with van der Waals surface area (Å²) < 4.78 is 31.4. The first kappa shape index (κ1) is 46.8. The first-order valence-electron chi connectivity index (χ1n) is 22.4. The van der Waals surface area contributed by atoms with Crippen LogP contribution in [0.2, 0.25) is 0 Å². The average Bonchev–Trinajstić information content (AvgIpc) is 3.86. The number of fused-ring (bicyclic) bond motifs is 2. The number of aromatic amines is 2. The molecule has 4 aromatic carbocycles. The minimum Gasteiger partial charge on any atom is -0.493 e. The summed E-state index contributed by atoms with van der Waals surface area (Å²) >= 11 is 0. The first-order chi connectivity index (χ1) is 32.7. The number of ether oxygens (including phenoxy) is 4. The number of rotatable bonds is 18. The van der Waals surface area contributed by atoms with Gasteiger partial charge in [0.15, 0.2) is 45.3 Å². The van der Waals surface area contributed by atoms with Crippen molar-refractivity contribution in [2.24, 2.45) is 14.1 Å². The lowest BCUT2D eigenvalue weighted by Gasteiger charge is -2.22. The molecule has 0 aliphatic carbocycles. The van der Waals surface area contributed by atoms with E-state index in [0.717, 1.165) is 17.5 Å². The molecule has 18 nitrogen and oxygen atoms in total. The molecular formula is C50H54N8O10. The van der Waals surface area contributed by atoms with E-state index in [0.29, 0.717) is 64.4 Å². The van der Waals surface area contributed by atoms with Crippen molar-refractivity contribution in [1.82, 2.24) is 38.2 Å². The lowest BCUT2D eigenvalue weighted by atomic mass is 10.0. The van der Waals surface area contributed by atoms with Gasteiger partial charge in [-0.1, -0.05) is 62.7 Å². The maximum absolute atomic E-state index is 13.1. The Morgan fingerprint density at radius 1 is 0.618 bits per heavy atom. The number of aryl methyl sites for hydroxylation is 2. The number of aliphatic hydroxyl groups is 2. The quantitative estimate of drug-likeness (QED) is 0.0724. The summed E-state index contributed by atoms with van der Waals surface area (Å²) in [5.74, 6) is 3.07. The number of hydrogen-bond acceptors (Lipinski definition) is 12. The van der Waals surface area contributed by atoms with Gasteiger partial charge in [0.1, 0.15) is 29.6 Å². The van der Waals surface area contributed by atoms with E-state index in [1.54, 1.807) is 67.4 Å². The minimum absolute atomic E-state index is 0.0480. The number of aromatic nitrogens is 8. The predicted molar refractivity (Wildman–Crippen MR) is 257 cm³/mol. The Morgan fingerprint density at radius 2 is 1.10 bits per heavy atom. The maximum atomic E-state index is 13.1. The third-order valence-electron chi connectivity index (χ3n) is 11.7. The van der Waals surface area contributed by atoms with Gasteiger partial charge in [0.25, 0.3) is 11.1 Å². The van der Waals surface area contributed by atoms with Crippen molar-refractivity contribution in [2.75, 3.05) is 7.11 Å². The molecule has 4 unspecified atom stereocenters. The van der Waals surface area contributed by atoms with Gasteiger partial charge >= 0.3 is 11.4 Å². The smallest absolute Gasteiger partial charge is 0.330 e. The molecule has 4 atom stereocenters. The van der Waals surface area contributed by atoms with Crippen molar-refractivity contribution < 1.29 is 29.2 Å². The van der Waals surface area contributed by atoms with E-state index in [2.05, 4.69) is 21.9 Å². The van der Waals surface area contributed by atoms with Crippen molar-refractivity contribution in [1.29, 1.82) is 0 Å². The van der Waals surface area contributed by atoms with Crippen LogP contribution in [0.15, 0.2) is 110 Å². The molecular weight excluding hydrogens is 873 g/mol. The third kappa shape index (κ3) is 9.32. The van der Waals surface area contributed by atoms with Crippen molar-refractivity contribution in [3.63, 3.8) is 0 Å². The van der Waals surface area contributed by atoms with Gasteiger partial charge in [0.05, 0.1) is 32.4 Å². The van der Waals surface area contributed by atoms with Crippen LogP contribution in [0.4, 0.5) is 0 Å². The van der Waals surface area contributed by atoms with Crippen LogP contribution in [0.5, 0.6) is 28.7 Å². The number of aliphatic hydroxyl groups excluding tert-OH is 2. The predicted octanol–water partition coefficient (Wildman–Crippen LogP) is 6.51. The van der Waals surface area contributed by atoms with Gasteiger partial charge in [-0.05, 0) is 86.3 Å². The lowest BCUT2D eigenvalue weighted by molar-refractivity contribution is 0.172.